The van der Waals surface area contributed by atoms with Gasteiger partial charge in [0, 0.05) is 41.9 Å². The molecule has 0 unspecified atom stereocenters. The number of fused-ring (bicyclic) bond motifs is 1. The Balaban J connectivity index is 1.61. The van der Waals surface area contributed by atoms with E-state index in [0.29, 0.717) is 6.42 Å². The van der Waals surface area contributed by atoms with Gasteiger partial charge in [0.2, 0.25) is 5.91 Å². The second-order valence-corrected chi connectivity index (χ2v) is 6.99. The van der Waals surface area contributed by atoms with Gasteiger partial charge in [-0.3, -0.25) is 9.48 Å². The summed E-state index contributed by atoms with van der Waals surface area (Å²) in [6.45, 7) is 4.97. The number of aromatic nitrogens is 3. The second-order valence-electron chi connectivity index (χ2n) is 6.99. The van der Waals surface area contributed by atoms with E-state index in [1.807, 2.05) is 43.0 Å². The first kappa shape index (κ1) is 15.9. The van der Waals surface area contributed by atoms with E-state index in [9.17, 15) is 4.79 Å². The van der Waals surface area contributed by atoms with Gasteiger partial charge in [0.25, 0.3) is 0 Å². The SMILES string of the molecule is Cc1nn(C)c(C)c1[C@@H]1CCCN1C(=O)Cc1c[nH]c2ccccc12. The zero-order valence-corrected chi connectivity index (χ0v) is 15.0. The summed E-state index contributed by atoms with van der Waals surface area (Å²) in [4.78, 5) is 18.4. The van der Waals surface area contributed by atoms with Crippen molar-refractivity contribution in [1.29, 1.82) is 0 Å². The number of hydrogen-bond acceptors (Lipinski definition) is 2. The maximum atomic E-state index is 13.1. The Morgan fingerprint density at radius 1 is 1.32 bits per heavy atom. The Morgan fingerprint density at radius 2 is 2.12 bits per heavy atom. The molecule has 1 amide bonds. The first-order valence-corrected chi connectivity index (χ1v) is 8.91. The third-order valence-corrected chi connectivity index (χ3v) is 5.49. The molecule has 5 heteroatoms. The highest BCUT2D eigenvalue weighted by Crippen LogP contribution is 2.36. The Bertz CT molecular complexity index is 936. The fourth-order valence-electron chi connectivity index (χ4n) is 4.18. The van der Waals surface area contributed by atoms with Gasteiger partial charge in [-0.1, -0.05) is 18.2 Å². The molecule has 1 saturated heterocycles. The predicted octanol–water partition coefficient (Wildman–Crippen LogP) is 3.42. The highest BCUT2D eigenvalue weighted by Gasteiger charge is 2.33. The highest BCUT2D eigenvalue weighted by atomic mass is 16.2. The molecule has 0 radical (unpaired) electrons. The van der Waals surface area contributed by atoms with E-state index in [2.05, 4.69) is 28.0 Å². The zero-order valence-electron chi connectivity index (χ0n) is 15.0. The number of benzene rings is 1. The van der Waals surface area contributed by atoms with Gasteiger partial charge in [0.05, 0.1) is 18.2 Å². The molecule has 1 atom stereocenters. The number of aryl methyl sites for hydroxylation is 2. The average molecular weight is 336 g/mol. The Kier molecular flexibility index (Phi) is 3.86. The zero-order chi connectivity index (χ0) is 17.6. The van der Waals surface area contributed by atoms with E-state index < -0.39 is 0 Å². The number of H-pyrrole nitrogens is 1. The Labute approximate surface area is 147 Å². The fourth-order valence-corrected chi connectivity index (χ4v) is 4.18. The molecule has 1 aliphatic rings. The van der Waals surface area contributed by atoms with Crippen molar-refractivity contribution in [1.82, 2.24) is 19.7 Å². The van der Waals surface area contributed by atoms with Crippen LogP contribution < -0.4 is 0 Å². The van der Waals surface area contributed by atoms with Crippen molar-refractivity contribution in [3.63, 3.8) is 0 Å². The summed E-state index contributed by atoms with van der Waals surface area (Å²) >= 11 is 0. The Morgan fingerprint density at radius 3 is 2.88 bits per heavy atom. The number of para-hydroxylation sites is 1. The number of likely N-dealkylation sites (tertiary alicyclic amines) is 1. The molecule has 3 aromatic rings. The molecule has 1 N–H and O–H groups in total. The van der Waals surface area contributed by atoms with Crippen LogP contribution in [0.15, 0.2) is 30.5 Å². The van der Waals surface area contributed by atoms with Crippen LogP contribution in [-0.4, -0.2) is 32.1 Å². The van der Waals surface area contributed by atoms with Gasteiger partial charge in [-0.15, -0.1) is 0 Å². The Hall–Kier alpha value is -2.56. The van der Waals surface area contributed by atoms with Crippen LogP contribution in [0, 0.1) is 13.8 Å². The molecule has 1 aliphatic heterocycles. The molecule has 0 bridgehead atoms. The van der Waals surface area contributed by atoms with Crippen LogP contribution in [0.5, 0.6) is 0 Å². The van der Waals surface area contributed by atoms with Gasteiger partial charge in [-0.2, -0.15) is 5.10 Å². The molecular weight excluding hydrogens is 312 g/mol. The number of hydrogen-bond donors (Lipinski definition) is 1. The van der Waals surface area contributed by atoms with Crippen LogP contribution >= 0.6 is 0 Å². The lowest BCUT2D eigenvalue weighted by Gasteiger charge is -2.25. The van der Waals surface area contributed by atoms with E-state index >= 15 is 0 Å². The number of carbonyl (C=O) groups is 1. The summed E-state index contributed by atoms with van der Waals surface area (Å²) < 4.78 is 1.92. The molecule has 130 valence electrons. The molecule has 25 heavy (non-hydrogen) atoms. The number of carbonyl (C=O) groups excluding carboxylic acids is 1. The molecule has 1 aromatic carbocycles. The lowest BCUT2D eigenvalue weighted by atomic mass is 10.0. The number of nitrogens with one attached hydrogen (secondary N) is 1. The third kappa shape index (κ3) is 2.64. The van der Waals surface area contributed by atoms with Crippen molar-refractivity contribution in [3.05, 3.63) is 53.0 Å². The van der Waals surface area contributed by atoms with Gasteiger partial charge in [0.15, 0.2) is 0 Å². The molecule has 2 aromatic heterocycles. The monoisotopic (exact) mass is 336 g/mol. The minimum Gasteiger partial charge on any atom is -0.361 e. The van der Waals surface area contributed by atoms with Crippen molar-refractivity contribution in [2.75, 3.05) is 6.54 Å². The van der Waals surface area contributed by atoms with Gasteiger partial charge in [-0.25, -0.2) is 0 Å². The van der Waals surface area contributed by atoms with Crippen molar-refractivity contribution in [3.8, 4) is 0 Å². The lowest BCUT2D eigenvalue weighted by molar-refractivity contribution is -0.131. The molecule has 5 nitrogen and oxygen atoms in total. The number of nitrogens with zero attached hydrogens (tertiary/aromatic N) is 3. The predicted molar refractivity (Wildman–Crippen MR) is 98.4 cm³/mol. The van der Waals surface area contributed by atoms with E-state index in [-0.39, 0.29) is 11.9 Å². The van der Waals surface area contributed by atoms with Crippen LogP contribution in [0.2, 0.25) is 0 Å². The summed E-state index contributed by atoms with van der Waals surface area (Å²) in [6, 6.07) is 8.31. The fraction of sp³-hybridized carbons (Fsp3) is 0.400. The van der Waals surface area contributed by atoms with Crippen molar-refractivity contribution >= 4 is 16.8 Å². The first-order valence-electron chi connectivity index (χ1n) is 8.91. The van der Waals surface area contributed by atoms with Crippen molar-refractivity contribution < 1.29 is 4.79 Å². The molecule has 0 aliphatic carbocycles. The van der Waals surface area contributed by atoms with Crippen LogP contribution in [0.25, 0.3) is 10.9 Å². The molecule has 4 rings (SSSR count). The van der Waals surface area contributed by atoms with E-state index in [1.54, 1.807) is 0 Å². The van der Waals surface area contributed by atoms with Gasteiger partial charge in [0.1, 0.15) is 0 Å². The minimum absolute atomic E-state index is 0.159. The number of rotatable bonds is 3. The maximum absolute atomic E-state index is 13.1. The molecule has 3 heterocycles. The van der Waals surface area contributed by atoms with Gasteiger partial charge < -0.3 is 9.88 Å². The number of amides is 1. The highest BCUT2D eigenvalue weighted by molar-refractivity contribution is 5.89. The lowest BCUT2D eigenvalue weighted by Crippen LogP contribution is -2.32. The topological polar surface area (TPSA) is 53.9 Å². The standard InChI is InChI=1S/C20H24N4O/c1-13-20(14(2)23(3)22-13)18-9-6-10-24(18)19(25)11-15-12-21-17-8-5-4-7-16(15)17/h4-5,7-8,12,18,21H,6,9-11H2,1-3H3/t18-/m0/s1. The molecule has 1 fully saturated rings. The van der Waals surface area contributed by atoms with E-state index in [1.165, 1.54) is 5.56 Å². The van der Waals surface area contributed by atoms with Crippen LogP contribution in [0.1, 0.15) is 41.4 Å². The number of aromatic amines is 1. The van der Waals surface area contributed by atoms with Crippen molar-refractivity contribution in [2.24, 2.45) is 7.05 Å². The molecule has 0 spiro atoms. The smallest absolute Gasteiger partial charge is 0.227 e. The normalized spacial score (nSPS) is 17.6. The van der Waals surface area contributed by atoms with Gasteiger partial charge in [-0.05, 0) is 38.3 Å². The quantitative estimate of drug-likeness (QED) is 0.797. The van der Waals surface area contributed by atoms with Gasteiger partial charge >= 0.3 is 0 Å². The second kappa shape index (κ2) is 6.06. The summed E-state index contributed by atoms with van der Waals surface area (Å²) in [5.41, 5.74) is 5.59. The van der Waals surface area contributed by atoms with E-state index in [0.717, 1.165) is 47.2 Å². The van der Waals surface area contributed by atoms with Crippen LogP contribution in [0.4, 0.5) is 0 Å². The molecule has 0 saturated carbocycles. The largest absolute Gasteiger partial charge is 0.361 e. The summed E-state index contributed by atoms with van der Waals surface area (Å²) in [7, 11) is 1.97. The van der Waals surface area contributed by atoms with Crippen molar-refractivity contribution in [2.45, 2.75) is 39.2 Å². The summed E-state index contributed by atoms with van der Waals surface area (Å²) in [5, 5.41) is 5.68. The van der Waals surface area contributed by atoms with E-state index in [4.69, 9.17) is 0 Å². The van der Waals surface area contributed by atoms with Crippen LogP contribution in [-0.2, 0) is 18.3 Å². The molecular formula is C20H24N4O. The van der Waals surface area contributed by atoms with Crippen LogP contribution in [0.3, 0.4) is 0 Å². The minimum atomic E-state index is 0.159. The maximum Gasteiger partial charge on any atom is 0.227 e. The summed E-state index contributed by atoms with van der Waals surface area (Å²) in [6.07, 6.45) is 4.48. The average Bonchev–Trinajstić information content (AvgIpc) is 3.27. The summed E-state index contributed by atoms with van der Waals surface area (Å²) in [5.74, 6) is 0.204. The first-order chi connectivity index (χ1) is 12.1. The third-order valence-electron chi connectivity index (χ3n) is 5.49.